The van der Waals surface area contributed by atoms with Gasteiger partial charge in [0.1, 0.15) is 6.61 Å². The first kappa shape index (κ1) is 16.6. The third-order valence-corrected chi connectivity index (χ3v) is 2.92. The molecule has 1 aromatic rings. The van der Waals surface area contributed by atoms with E-state index in [4.69, 9.17) is 25.1 Å². The van der Waals surface area contributed by atoms with Crippen molar-refractivity contribution in [3.63, 3.8) is 0 Å². The molecule has 1 rings (SSSR count). The summed E-state index contributed by atoms with van der Waals surface area (Å²) in [7, 11) is 2.88. The molecule has 0 amide bonds. The highest BCUT2D eigenvalue weighted by molar-refractivity contribution is 5.96. The van der Waals surface area contributed by atoms with Crippen LogP contribution in [0.3, 0.4) is 0 Å². The Morgan fingerprint density at radius 1 is 1.19 bits per heavy atom. The molecule has 0 unspecified atom stereocenters. The van der Waals surface area contributed by atoms with Crippen LogP contribution in [0.4, 0.5) is 5.69 Å². The first-order chi connectivity index (χ1) is 9.72. The van der Waals surface area contributed by atoms with E-state index in [0.29, 0.717) is 11.5 Å². The monoisotopic (exact) mass is 297 g/mol. The molecule has 3 N–H and O–H groups in total. The first-order valence-corrected chi connectivity index (χ1v) is 6.15. The van der Waals surface area contributed by atoms with Crippen molar-refractivity contribution in [2.45, 2.75) is 13.8 Å². The molecule has 7 heteroatoms. The van der Waals surface area contributed by atoms with Crippen LogP contribution in [0.5, 0.6) is 11.5 Å². The fourth-order valence-corrected chi connectivity index (χ4v) is 1.46. The molecule has 0 heterocycles. The third-order valence-electron chi connectivity index (χ3n) is 2.92. The number of ether oxygens (including phenoxy) is 3. The number of hydrogen-bond acceptors (Lipinski definition) is 6. The number of methoxy groups -OCH3 is 2. The lowest BCUT2D eigenvalue weighted by molar-refractivity contribution is -0.149. The fraction of sp³-hybridized carbons (Fsp3) is 0.429. The second-order valence-corrected chi connectivity index (χ2v) is 5.06. The smallest absolute Gasteiger partial charge is 0.340 e. The summed E-state index contributed by atoms with van der Waals surface area (Å²) in [6, 6.07) is 2.84. The van der Waals surface area contributed by atoms with Crippen molar-refractivity contribution >= 4 is 17.6 Å². The Hall–Kier alpha value is -2.44. The summed E-state index contributed by atoms with van der Waals surface area (Å²) in [4.78, 5) is 23.0. The van der Waals surface area contributed by atoms with Crippen molar-refractivity contribution in [2.24, 2.45) is 5.41 Å². The van der Waals surface area contributed by atoms with Crippen LogP contribution >= 0.6 is 0 Å². The van der Waals surface area contributed by atoms with Crippen LogP contribution in [0.1, 0.15) is 24.2 Å². The van der Waals surface area contributed by atoms with Gasteiger partial charge >= 0.3 is 11.9 Å². The minimum Gasteiger partial charge on any atom is -0.493 e. The van der Waals surface area contributed by atoms with E-state index in [1.165, 1.54) is 40.2 Å². The van der Waals surface area contributed by atoms with Gasteiger partial charge in [-0.15, -0.1) is 0 Å². The lowest BCUT2D eigenvalue weighted by Crippen LogP contribution is -2.30. The quantitative estimate of drug-likeness (QED) is 0.605. The van der Waals surface area contributed by atoms with Crippen LogP contribution in [0.2, 0.25) is 0 Å². The van der Waals surface area contributed by atoms with Crippen LogP contribution in [-0.4, -0.2) is 37.9 Å². The maximum absolute atomic E-state index is 12.0. The van der Waals surface area contributed by atoms with Crippen LogP contribution in [0.25, 0.3) is 0 Å². The number of nitrogen functional groups attached to an aromatic ring is 1. The van der Waals surface area contributed by atoms with E-state index in [1.54, 1.807) is 0 Å². The molecular formula is C14H19NO6. The highest BCUT2D eigenvalue weighted by Gasteiger charge is 2.29. The zero-order valence-electron chi connectivity index (χ0n) is 12.4. The summed E-state index contributed by atoms with van der Waals surface area (Å²) in [5, 5.41) is 8.98. The number of nitrogens with two attached hydrogens (primary N) is 1. The molecule has 0 spiro atoms. The van der Waals surface area contributed by atoms with E-state index in [1.807, 2.05) is 0 Å². The van der Waals surface area contributed by atoms with E-state index >= 15 is 0 Å². The zero-order valence-corrected chi connectivity index (χ0v) is 12.4. The maximum atomic E-state index is 12.0. The van der Waals surface area contributed by atoms with Crippen LogP contribution in [0.15, 0.2) is 12.1 Å². The van der Waals surface area contributed by atoms with Crippen molar-refractivity contribution in [3.8, 4) is 11.5 Å². The molecule has 7 nitrogen and oxygen atoms in total. The Labute approximate surface area is 122 Å². The Balaban J connectivity index is 2.95. The molecule has 0 aromatic heterocycles. The third kappa shape index (κ3) is 3.77. The minimum atomic E-state index is -1.18. The van der Waals surface area contributed by atoms with Crippen molar-refractivity contribution < 1.29 is 28.9 Å². The summed E-state index contributed by atoms with van der Waals surface area (Å²) in [5.41, 5.74) is 4.84. The molecule has 0 saturated carbocycles. The average Bonchev–Trinajstić information content (AvgIpc) is 2.44. The van der Waals surface area contributed by atoms with Crippen molar-refractivity contribution in [3.05, 3.63) is 17.7 Å². The predicted octanol–water partition coefficient (Wildman–Crippen LogP) is 1.55. The number of carbonyl (C=O) groups excluding carboxylic acids is 1. The second kappa shape index (κ2) is 6.34. The van der Waals surface area contributed by atoms with Gasteiger partial charge in [-0.2, -0.15) is 0 Å². The zero-order chi connectivity index (χ0) is 16.2. The van der Waals surface area contributed by atoms with Gasteiger partial charge in [0.05, 0.1) is 30.9 Å². The molecule has 0 saturated heterocycles. The minimum absolute atomic E-state index is 0.0915. The summed E-state index contributed by atoms with van der Waals surface area (Å²) >= 11 is 0. The summed E-state index contributed by atoms with van der Waals surface area (Å²) < 4.78 is 15.2. The van der Waals surface area contributed by atoms with Crippen molar-refractivity contribution in [1.29, 1.82) is 0 Å². The predicted molar refractivity (Wildman–Crippen MR) is 75.7 cm³/mol. The Morgan fingerprint density at radius 3 is 2.19 bits per heavy atom. The molecule has 0 atom stereocenters. The van der Waals surface area contributed by atoms with E-state index < -0.39 is 17.4 Å². The topological polar surface area (TPSA) is 108 Å². The van der Waals surface area contributed by atoms with Crippen LogP contribution in [-0.2, 0) is 9.53 Å². The number of rotatable bonds is 6. The van der Waals surface area contributed by atoms with E-state index in [2.05, 4.69) is 0 Å². The van der Waals surface area contributed by atoms with Gasteiger partial charge < -0.3 is 25.1 Å². The molecule has 0 aliphatic carbocycles. The summed E-state index contributed by atoms with van der Waals surface area (Å²) in [6.07, 6.45) is 0. The molecule has 0 fully saturated rings. The molecule has 0 aliphatic heterocycles. The summed E-state index contributed by atoms with van der Waals surface area (Å²) in [5.74, 6) is -1.06. The highest BCUT2D eigenvalue weighted by atomic mass is 16.5. The molecular weight excluding hydrogens is 278 g/mol. The first-order valence-electron chi connectivity index (χ1n) is 6.15. The normalized spacial score (nSPS) is 10.9. The number of aliphatic carboxylic acids is 1. The van der Waals surface area contributed by atoms with Crippen LogP contribution in [0, 0.1) is 5.41 Å². The average molecular weight is 297 g/mol. The molecule has 21 heavy (non-hydrogen) atoms. The lowest BCUT2D eigenvalue weighted by atomic mass is 9.95. The molecule has 116 valence electrons. The number of benzene rings is 1. The number of esters is 1. The van der Waals surface area contributed by atoms with Gasteiger partial charge in [0.2, 0.25) is 0 Å². The summed E-state index contributed by atoms with van der Waals surface area (Å²) in [6.45, 7) is 2.65. The number of carbonyl (C=O) groups is 2. The Bertz CT molecular complexity index is 553. The number of carboxylic acids is 1. The van der Waals surface area contributed by atoms with Gasteiger partial charge in [0, 0.05) is 12.1 Å². The van der Waals surface area contributed by atoms with Gasteiger partial charge in [0.15, 0.2) is 11.5 Å². The number of hydrogen-bond donors (Lipinski definition) is 2. The van der Waals surface area contributed by atoms with Gasteiger partial charge in [0.25, 0.3) is 0 Å². The van der Waals surface area contributed by atoms with Crippen LogP contribution < -0.4 is 15.2 Å². The fourth-order valence-electron chi connectivity index (χ4n) is 1.46. The number of carboxylic acid groups (broad SMARTS) is 1. The Kier molecular flexibility index (Phi) is 5.02. The standard InChI is InChI=1S/C14H19NO6/c1-14(2,13(17)18)7-21-12(16)8-5-10(19-3)11(20-4)6-9(8)15/h5-6H,7,15H2,1-4H3,(H,17,18). The molecule has 1 aromatic carbocycles. The SMILES string of the molecule is COc1cc(N)c(C(=O)OCC(C)(C)C(=O)O)cc1OC. The number of anilines is 1. The second-order valence-electron chi connectivity index (χ2n) is 5.06. The van der Waals surface area contributed by atoms with Gasteiger partial charge in [-0.3, -0.25) is 4.79 Å². The van der Waals surface area contributed by atoms with Gasteiger partial charge in [-0.05, 0) is 13.8 Å². The van der Waals surface area contributed by atoms with E-state index in [9.17, 15) is 9.59 Å². The van der Waals surface area contributed by atoms with Crippen molar-refractivity contribution in [1.82, 2.24) is 0 Å². The maximum Gasteiger partial charge on any atom is 0.340 e. The van der Waals surface area contributed by atoms with Gasteiger partial charge in [-0.1, -0.05) is 0 Å². The molecule has 0 aliphatic rings. The highest BCUT2D eigenvalue weighted by Crippen LogP contribution is 2.32. The largest absolute Gasteiger partial charge is 0.493 e. The van der Waals surface area contributed by atoms with Crippen molar-refractivity contribution in [2.75, 3.05) is 26.6 Å². The molecule has 0 radical (unpaired) electrons. The van der Waals surface area contributed by atoms with E-state index in [-0.39, 0.29) is 17.9 Å². The van der Waals surface area contributed by atoms with Gasteiger partial charge in [-0.25, -0.2) is 4.79 Å². The van der Waals surface area contributed by atoms with E-state index in [0.717, 1.165) is 0 Å². The lowest BCUT2D eigenvalue weighted by Gasteiger charge is -2.19. The molecule has 0 bridgehead atoms. The Morgan fingerprint density at radius 2 is 1.71 bits per heavy atom.